The number of nitro groups is 1. The topological polar surface area (TPSA) is 110 Å². The van der Waals surface area contributed by atoms with E-state index in [9.17, 15) is 10.1 Å². The van der Waals surface area contributed by atoms with Crippen LogP contribution in [-0.4, -0.2) is 39.0 Å². The largest absolute Gasteiger partial charge is 0.346 e. The fourth-order valence-electron chi connectivity index (χ4n) is 1.82. The molecule has 98 valence electrons. The number of aromatic nitrogens is 2. The zero-order valence-electron chi connectivity index (χ0n) is 9.87. The average molecular weight is 270 g/mol. The molecule has 0 spiro atoms. The molecule has 0 amide bonds. The molecule has 8 nitrogen and oxygen atoms in total. The lowest BCUT2D eigenvalue weighted by molar-refractivity contribution is -0.384. The Morgan fingerprint density at radius 1 is 1.72 bits per heavy atom. The molecule has 0 aliphatic carbocycles. The molecule has 1 saturated heterocycles. The van der Waals surface area contributed by atoms with Gasteiger partial charge in [0.05, 0.1) is 4.92 Å². The van der Waals surface area contributed by atoms with Gasteiger partial charge in [-0.25, -0.2) is 10.8 Å². The molecule has 1 unspecified atom stereocenters. The number of anilines is 2. The Balaban J connectivity index is 2.42. The summed E-state index contributed by atoms with van der Waals surface area (Å²) in [6.45, 7) is 2.75. The maximum absolute atomic E-state index is 11.0. The normalized spacial score (nSPS) is 19.7. The molecule has 2 heterocycles. The van der Waals surface area contributed by atoms with Gasteiger partial charge in [-0.05, 0) is 6.92 Å². The first-order valence-electron chi connectivity index (χ1n) is 5.46. The Labute approximate surface area is 108 Å². The van der Waals surface area contributed by atoms with Crippen molar-refractivity contribution in [1.29, 1.82) is 0 Å². The van der Waals surface area contributed by atoms with Crippen LogP contribution in [0.1, 0.15) is 6.92 Å². The number of thioether (sulfide) groups is 1. The van der Waals surface area contributed by atoms with Crippen molar-refractivity contribution in [2.45, 2.75) is 13.0 Å². The molecule has 1 fully saturated rings. The van der Waals surface area contributed by atoms with Crippen LogP contribution in [0.4, 0.5) is 17.5 Å². The maximum atomic E-state index is 11.0. The lowest BCUT2D eigenvalue weighted by Gasteiger charge is -2.33. The highest BCUT2D eigenvalue weighted by atomic mass is 32.2. The third-order valence-corrected chi connectivity index (χ3v) is 3.90. The van der Waals surface area contributed by atoms with Crippen molar-refractivity contribution in [2.24, 2.45) is 5.84 Å². The van der Waals surface area contributed by atoms with E-state index in [1.54, 1.807) is 0 Å². The molecule has 0 bridgehead atoms. The van der Waals surface area contributed by atoms with E-state index in [-0.39, 0.29) is 17.7 Å². The van der Waals surface area contributed by atoms with E-state index >= 15 is 0 Å². The number of nitrogens with one attached hydrogen (secondary N) is 1. The summed E-state index contributed by atoms with van der Waals surface area (Å²) in [6.07, 6.45) is 1.19. The molecule has 1 aliphatic heterocycles. The minimum Gasteiger partial charge on any atom is -0.346 e. The summed E-state index contributed by atoms with van der Waals surface area (Å²) in [5.41, 5.74) is 2.22. The number of nitrogens with two attached hydrogens (primary N) is 1. The van der Waals surface area contributed by atoms with Crippen LogP contribution in [0.15, 0.2) is 6.20 Å². The van der Waals surface area contributed by atoms with Gasteiger partial charge in [0.25, 0.3) is 0 Å². The zero-order chi connectivity index (χ0) is 13.1. The molecule has 3 N–H and O–H groups in total. The van der Waals surface area contributed by atoms with Crippen LogP contribution in [0, 0.1) is 10.1 Å². The zero-order valence-corrected chi connectivity index (χ0v) is 10.7. The van der Waals surface area contributed by atoms with Gasteiger partial charge in [-0.1, -0.05) is 0 Å². The van der Waals surface area contributed by atoms with Crippen molar-refractivity contribution in [3.63, 3.8) is 0 Å². The fraction of sp³-hybridized carbons (Fsp3) is 0.556. The van der Waals surface area contributed by atoms with E-state index in [1.165, 1.54) is 6.20 Å². The Bertz CT molecular complexity index is 457. The van der Waals surface area contributed by atoms with E-state index < -0.39 is 4.92 Å². The number of hydrogen-bond acceptors (Lipinski definition) is 8. The van der Waals surface area contributed by atoms with Gasteiger partial charge in [0.2, 0.25) is 11.8 Å². The monoisotopic (exact) mass is 270 g/mol. The van der Waals surface area contributed by atoms with Gasteiger partial charge < -0.3 is 4.90 Å². The van der Waals surface area contributed by atoms with E-state index in [0.29, 0.717) is 5.82 Å². The first-order chi connectivity index (χ1) is 8.63. The van der Waals surface area contributed by atoms with E-state index in [4.69, 9.17) is 5.84 Å². The summed E-state index contributed by atoms with van der Waals surface area (Å²) in [5.74, 6) is 7.60. The summed E-state index contributed by atoms with van der Waals surface area (Å²) in [6, 6.07) is 0.197. The number of hydrazine groups is 1. The average Bonchev–Trinajstić information content (AvgIpc) is 2.38. The summed E-state index contributed by atoms with van der Waals surface area (Å²) >= 11 is 1.83. The molecule has 0 aromatic carbocycles. The van der Waals surface area contributed by atoms with Gasteiger partial charge in [0, 0.05) is 24.1 Å². The lowest BCUT2D eigenvalue weighted by atomic mass is 10.3. The van der Waals surface area contributed by atoms with Crippen molar-refractivity contribution in [3.05, 3.63) is 16.3 Å². The molecule has 18 heavy (non-hydrogen) atoms. The highest BCUT2D eigenvalue weighted by Crippen LogP contribution is 2.30. The van der Waals surface area contributed by atoms with Crippen molar-refractivity contribution < 1.29 is 4.92 Å². The Hall–Kier alpha value is -1.61. The minimum atomic E-state index is -0.468. The number of nitrogens with zero attached hydrogens (tertiary/aromatic N) is 4. The standard InChI is InChI=1S/C9H14N6O2S/c1-6-5-18-3-2-14(6)8-7(15(16)17)4-11-9(12-8)13-10/h4,6H,2-3,5,10H2,1H3,(H,11,12,13). The highest BCUT2D eigenvalue weighted by Gasteiger charge is 2.28. The predicted octanol–water partition coefficient (Wildman–Crippen LogP) is 0.612. The van der Waals surface area contributed by atoms with E-state index in [1.807, 2.05) is 23.6 Å². The SMILES string of the molecule is CC1CSCCN1c1nc(NN)ncc1[N+](=O)[O-]. The molecule has 1 atom stereocenters. The first-order valence-corrected chi connectivity index (χ1v) is 6.61. The van der Waals surface area contributed by atoms with Crippen LogP contribution >= 0.6 is 11.8 Å². The Morgan fingerprint density at radius 2 is 2.50 bits per heavy atom. The molecule has 1 aliphatic rings. The summed E-state index contributed by atoms with van der Waals surface area (Å²) in [7, 11) is 0. The lowest BCUT2D eigenvalue weighted by Crippen LogP contribution is -2.41. The summed E-state index contributed by atoms with van der Waals surface area (Å²) in [5, 5.41) is 11.0. The smallest absolute Gasteiger partial charge is 0.329 e. The summed E-state index contributed by atoms with van der Waals surface area (Å²) < 4.78 is 0. The fourth-order valence-corrected chi connectivity index (χ4v) is 2.83. The van der Waals surface area contributed by atoms with Gasteiger partial charge in [0.1, 0.15) is 6.20 Å². The molecular formula is C9H14N6O2S. The molecule has 9 heteroatoms. The van der Waals surface area contributed by atoms with E-state index in [0.717, 1.165) is 18.1 Å². The Kier molecular flexibility index (Phi) is 3.82. The number of rotatable bonds is 3. The van der Waals surface area contributed by atoms with Crippen LogP contribution in [0.25, 0.3) is 0 Å². The van der Waals surface area contributed by atoms with Gasteiger partial charge in [0.15, 0.2) is 0 Å². The molecule has 0 radical (unpaired) electrons. The van der Waals surface area contributed by atoms with Crippen LogP contribution in [0.2, 0.25) is 0 Å². The second-order valence-corrected chi connectivity index (χ2v) is 5.07. The minimum absolute atomic E-state index is 0.0900. The molecular weight excluding hydrogens is 256 g/mol. The number of hydrogen-bond donors (Lipinski definition) is 2. The quantitative estimate of drug-likeness (QED) is 0.467. The summed E-state index contributed by atoms with van der Waals surface area (Å²) in [4.78, 5) is 20.4. The van der Waals surface area contributed by atoms with Crippen LogP contribution in [0.3, 0.4) is 0 Å². The van der Waals surface area contributed by atoms with Crippen molar-refractivity contribution in [1.82, 2.24) is 9.97 Å². The number of nitrogen functional groups attached to an aromatic ring is 1. The molecule has 0 saturated carbocycles. The molecule has 1 aromatic heterocycles. The van der Waals surface area contributed by atoms with Gasteiger partial charge in [-0.3, -0.25) is 15.5 Å². The van der Waals surface area contributed by atoms with Crippen molar-refractivity contribution in [3.8, 4) is 0 Å². The Morgan fingerprint density at radius 3 is 3.11 bits per heavy atom. The second-order valence-electron chi connectivity index (χ2n) is 3.92. The first kappa shape index (κ1) is 12.8. The van der Waals surface area contributed by atoms with Crippen LogP contribution < -0.4 is 16.2 Å². The second kappa shape index (κ2) is 5.36. The predicted molar refractivity (Wildman–Crippen MR) is 70.6 cm³/mol. The van der Waals surface area contributed by atoms with Crippen molar-refractivity contribution >= 4 is 29.2 Å². The van der Waals surface area contributed by atoms with Crippen LogP contribution in [0.5, 0.6) is 0 Å². The van der Waals surface area contributed by atoms with Crippen LogP contribution in [-0.2, 0) is 0 Å². The maximum Gasteiger partial charge on any atom is 0.329 e. The van der Waals surface area contributed by atoms with Gasteiger partial charge in [-0.15, -0.1) is 0 Å². The third-order valence-electron chi connectivity index (χ3n) is 2.72. The highest BCUT2D eigenvalue weighted by molar-refractivity contribution is 7.99. The van der Waals surface area contributed by atoms with Gasteiger partial charge in [-0.2, -0.15) is 16.7 Å². The van der Waals surface area contributed by atoms with Crippen molar-refractivity contribution in [2.75, 3.05) is 28.4 Å². The van der Waals surface area contributed by atoms with E-state index in [2.05, 4.69) is 15.4 Å². The molecule has 2 rings (SSSR count). The third kappa shape index (κ3) is 2.46. The molecule has 1 aromatic rings. The van der Waals surface area contributed by atoms with Gasteiger partial charge >= 0.3 is 5.69 Å².